The van der Waals surface area contributed by atoms with E-state index in [0.29, 0.717) is 23.5 Å². The van der Waals surface area contributed by atoms with Crippen LogP contribution >= 0.6 is 0 Å². The molecule has 2 atom stereocenters. The van der Waals surface area contributed by atoms with Gasteiger partial charge in [-0.15, -0.1) is 0 Å². The molecule has 0 spiro atoms. The van der Waals surface area contributed by atoms with E-state index in [2.05, 4.69) is 28.2 Å². The minimum atomic E-state index is -0.116. The van der Waals surface area contributed by atoms with Crippen LogP contribution in [0.3, 0.4) is 0 Å². The first kappa shape index (κ1) is 17.3. The van der Waals surface area contributed by atoms with Crippen molar-refractivity contribution in [3.8, 4) is 22.6 Å². The van der Waals surface area contributed by atoms with Gasteiger partial charge in [-0.1, -0.05) is 24.3 Å². The van der Waals surface area contributed by atoms with Crippen LogP contribution in [0, 0.1) is 5.92 Å². The molecule has 2 aromatic heterocycles. The second-order valence-electron chi connectivity index (χ2n) is 7.91. The summed E-state index contributed by atoms with van der Waals surface area (Å²) in [5.74, 6) is 1.54. The lowest BCUT2D eigenvalue weighted by Gasteiger charge is -2.49. The Bertz CT molecular complexity index is 965. The van der Waals surface area contributed by atoms with Gasteiger partial charge in [-0.25, -0.2) is 0 Å². The van der Waals surface area contributed by atoms with Gasteiger partial charge in [0.2, 0.25) is 0 Å². The number of carbonyl (C=O) groups is 1. The van der Waals surface area contributed by atoms with Gasteiger partial charge >= 0.3 is 0 Å². The van der Waals surface area contributed by atoms with Crippen molar-refractivity contribution in [1.29, 1.82) is 0 Å². The highest BCUT2D eigenvalue weighted by atomic mass is 16.3. The molecule has 1 aromatic carbocycles. The lowest BCUT2D eigenvalue weighted by atomic mass is 9.79. The fourth-order valence-corrected chi connectivity index (χ4v) is 4.80. The molecule has 5 heteroatoms. The predicted octanol–water partition coefficient (Wildman–Crippen LogP) is 4.15. The number of nitrogens with one attached hydrogen (secondary N) is 2. The standard InChI is InChI=1S/C23H25N3O2/c1-15-22(16-10-13-26(15)14-11-16)25-23(27)21-9-8-20(28-21)18-6-3-2-5-17(18)19-7-4-12-24-19/h2-9,12,15-16,22,24H,10-11,13-14H2,1H3,(H,25,27)/t15-,22-/m0/s1. The van der Waals surface area contributed by atoms with Crippen molar-refractivity contribution in [2.24, 2.45) is 5.92 Å². The van der Waals surface area contributed by atoms with Crippen LogP contribution in [0.15, 0.2) is 59.1 Å². The summed E-state index contributed by atoms with van der Waals surface area (Å²) in [6, 6.07) is 16.3. The van der Waals surface area contributed by atoms with Crippen molar-refractivity contribution in [2.75, 3.05) is 13.1 Å². The Balaban J connectivity index is 1.38. The molecule has 6 rings (SSSR count). The van der Waals surface area contributed by atoms with Gasteiger partial charge in [0.1, 0.15) is 5.76 Å². The number of H-pyrrole nitrogens is 1. The van der Waals surface area contributed by atoms with Crippen LogP contribution in [0.1, 0.15) is 30.3 Å². The number of aromatic amines is 1. The van der Waals surface area contributed by atoms with Crippen LogP contribution in [0.4, 0.5) is 0 Å². The zero-order chi connectivity index (χ0) is 19.1. The summed E-state index contributed by atoms with van der Waals surface area (Å²) in [5.41, 5.74) is 3.05. The smallest absolute Gasteiger partial charge is 0.287 e. The molecule has 5 nitrogen and oxygen atoms in total. The number of rotatable bonds is 4. The van der Waals surface area contributed by atoms with Crippen LogP contribution in [0.25, 0.3) is 22.6 Å². The quantitative estimate of drug-likeness (QED) is 0.720. The van der Waals surface area contributed by atoms with Crippen LogP contribution < -0.4 is 5.32 Å². The molecule has 0 unspecified atom stereocenters. The Labute approximate surface area is 164 Å². The minimum Gasteiger partial charge on any atom is -0.451 e. The Morgan fingerprint density at radius 1 is 1.07 bits per heavy atom. The van der Waals surface area contributed by atoms with Gasteiger partial charge in [0, 0.05) is 35.1 Å². The fourth-order valence-electron chi connectivity index (χ4n) is 4.80. The third kappa shape index (κ3) is 2.96. The number of benzene rings is 1. The van der Waals surface area contributed by atoms with Crippen LogP contribution in [-0.2, 0) is 0 Å². The van der Waals surface area contributed by atoms with E-state index >= 15 is 0 Å². The highest BCUT2D eigenvalue weighted by Gasteiger charge is 2.40. The average molecular weight is 375 g/mol. The number of fused-ring (bicyclic) bond motifs is 3. The number of furan rings is 1. The van der Waals surface area contributed by atoms with Gasteiger partial charge < -0.3 is 14.7 Å². The number of hydrogen-bond acceptors (Lipinski definition) is 3. The summed E-state index contributed by atoms with van der Waals surface area (Å²) >= 11 is 0. The van der Waals surface area contributed by atoms with Crippen molar-refractivity contribution in [1.82, 2.24) is 15.2 Å². The van der Waals surface area contributed by atoms with Crippen molar-refractivity contribution in [3.63, 3.8) is 0 Å². The Morgan fingerprint density at radius 2 is 1.86 bits per heavy atom. The minimum absolute atomic E-state index is 0.116. The third-order valence-electron chi connectivity index (χ3n) is 6.39. The molecule has 0 saturated carbocycles. The number of nitrogens with zero attached hydrogens (tertiary/aromatic N) is 1. The zero-order valence-corrected chi connectivity index (χ0v) is 16.0. The number of aromatic nitrogens is 1. The average Bonchev–Trinajstić information content (AvgIpc) is 3.43. The van der Waals surface area contributed by atoms with Crippen molar-refractivity contribution in [3.05, 3.63) is 60.5 Å². The Morgan fingerprint density at radius 3 is 2.57 bits per heavy atom. The maximum absolute atomic E-state index is 12.9. The van der Waals surface area contributed by atoms with Crippen LogP contribution in [-0.4, -0.2) is 41.0 Å². The summed E-state index contributed by atoms with van der Waals surface area (Å²) in [4.78, 5) is 18.6. The normalized spacial score (nSPS) is 26.3. The van der Waals surface area contributed by atoms with Crippen LogP contribution in [0.2, 0.25) is 0 Å². The van der Waals surface area contributed by atoms with Gasteiger partial charge in [-0.05, 0) is 63.0 Å². The van der Waals surface area contributed by atoms with Crippen molar-refractivity contribution in [2.45, 2.75) is 31.8 Å². The number of hydrogen-bond donors (Lipinski definition) is 2. The van der Waals surface area contributed by atoms with Crippen molar-refractivity contribution >= 4 is 5.91 Å². The largest absolute Gasteiger partial charge is 0.451 e. The van der Waals surface area contributed by atoms with E-state index in [1.165, 1.54) is 12.8 Å². The molecule has 3 fully saturated rings. The summed E-state index contributed by atoms with van der Waals surface area (Å²) in [6.45, 7) is 4.52. The first-order valence-electron chi connectivity index (χ1n) is 10.1. The lowest BCUT2D eigenvalue weighted by Crippen LogP contribution is -2.62. The second kappa shape index (κ2) is 6.99. The van der Waals surface area contributed by atoms with Crippen LogP contribution in [0.5, 0.6) is 0 Å². The number of carbonyl (C=O) groups excluding carboxylic acids is 1. The van der Waals surface area contributed by atoms with E-state index in [4.69, 9.17) is 4.42 Å². The SMILES string of the molecule is C[C@H]1[C@H](NC(=O)c2ccc(-c3ccccc3-c3ccc[nH]3)o2)C2CCN1CC2. The van der Waals surface area contributed by atoms with E-state index in [9.17, 15) is 4.79 Å². The molecule has 3 saturated heterocycles. The maximum Gasteiger partial charge on any atom is 0.287 e. The van der Waals surface area contributed by atoms with Crippen molar-refractivity contribution < 1.29 is 9.21 Å². The van der Waals surface area contributed by atoms with E-state index in [0.717, 1.165) is 29.9 Å². The molecule has 0 aliphatic carbocycles. The molecule has 3 aliphatic rings. The molecular formula is C23H25N3O2. The molecule has 144 valence electrons. The first-order chi connectivity index (χ1) is 13.7. The van der Waals surface area contributed by atoms with E-state index in [1.807, 2.05) is 42.6 Å². The number of piperidine rings is 3. The maximum atomic E-state index is 12.9. The van der Waals surface area contributed by atoms with Gasteiger partial charge in [0.25, 0.3) is 5.91 Å². The second-order valence-corrected chi connectivity index (χ2v) is 7.91. The summed E-state index contributed by atoms with van der Waals surface area (Å²) in [7, 11) is 0. The molecule has 3 aliphatic heterocycles. The van der Waals surface area contributed by atoms with Gasteiger partial charge in [-0.3, -0.25) is 9.69 Å². The van der Waals surface area contributed by atoms with E-state index in [-0.39, 0.29) is 11.9 Å². The summed E-state index contributed by atoms with van der Waals surface area (Å²) < 4.78 is 5.99. The molecular weight excluding hydrogens is 350 g/mol. The highest BCUT2D eigenvalue weighted by molar-refractivity contribution is 5.93. The molecule has 3 aromatic rings. The molecule has 2 N–H and O–H groups in total. The molecule has 1 amide bonds. The first-order valence-corrected chi connectivity index (χ1v) is 10.1. The third-order valence-corrected chi connectivity index (χ3v) is 6.39. The Hall–Kier alpha value is -2.79. The molecule has 2 bridgehead atoms. The Kier molecular flexibility index (Phi) is 4.32. The molecule has 5 heterocycles. The number of amides is 1. The highest BCUT2D eigenvalue weighted by Crippen LogP contribution is 2.34. The van der Waals surface area contributed by atoms with E-state index in [1.54, 1.807) is 6.07 Å². The van der Waals surface area contributed by atoms with Gasteiger partial charge in [-0.2, -0.15) is 0 Å². The monoisotopic (exact) mass is 375 g/mol. The zero-order valence-electron chi connectivity index (χ0n) is 16.0. The lowest BCUT2D eigenvalue weighted by molar-refractivity contribution is 0.0211. The molecule has 0 radical (unpaired) electrons. The topological polar surface area (TPSA) is 61.3 Å². The van der Waals surface area contributed by atoms with Gasteiger partial charge in [0.15, 0.2) is 5.76 Å². The fraction of sp³-hybridized carbons (Fsp3) is 0.348. The van der Waals surface area contributed by atoms with E-state index < -0.39 is 0 Å². The molecule has 28 heavy (non-hydrogen) atoms. The predicted molar refractivity (Wildman–Crippen MR) is 109 cm³/mol. The van der Waals surface area contributed by atoms with Gasteiger partial charge in [0.05, 0.1) is 0 Å². The summed E-state index contributed by atoms with van der Waals surface area (Å²) in [6.07, 6.45) is 4.24. The summed E-state index contributed by atoms with van der Waals surface area (Å²) in [5, 5.41) is 3.24.